The maximum Gasteiger partial charge on any atom is 0.397 e. The van der Waals surface area contributed by atoms with Gasteiger partial charge in [-0.25, -0.2) is 4.18 Å². The summed E-state index contributed by atoms with van der Waals surface area (Å²) < 4.78 is 45.7. The Hall–Kier alpha value is -1.25. The van der Waals surface area contributed by atoms with Crippen molar-refractivity contribution in [2.24, 2.45) is 0 Å². The van der Waals surface area contributed by atoms with E-state index in [9.17, 15) is 8.42 Å². The van der Waals surface area contributed by atoms with Gasteiger partial charge in [-0.05, 0) is 24.0 Å². The van der Waals surface area contributed by atoms with E-state index in [4.69, 9.17) is 14.0 Å². The third kappa shape index (κ3) is 6.40. The van der Waals surface area contributed by atoms with Crippen LogP contribution in [0.4, 0.5) is 0 Å². The fourth-order valence-electron chi connectivity index (χ4n) is 2.33. The summed E-state index contributed by atoms with van der Waals surface area (Å²) in [6.07, 6.45) is 3.57. The van der Waals surface area contributed by atoms with Crippen molar-refractivity contribution >= 4 is 16.5 Å². The molecule has 1 aliphatic rings. The Bertz CT molecular complexity index is 603. The summed E-state index contributed by atoms with van der Waals surface area (Å²) in [6.45, 7) is 2.20. The molecule has 0 saturated carbocycles. The van der Waals surface area contributed by atoms with Crippen LogP contribution >= 0.6 is 0 Å². The zero-order valence-corrected chi connectivity index (χ0v) is 13.9. The second-order valence-corrected chi connectivity index (χ2v) is 6.43. The Morgan fingerprint density at radius 3 is 2.52 bits per heavy atom. The van der Waals surface area contributed by atoms with Crippen LogP contribution in [0.5, 0.6) is 0 Å². The van der Waals surface area contributed by atoms with Gasteiger partial charge in [-0.15, -0.1) is 0 Å². The van der Waals surface area contributed by atoms with Gasteiger partial charge in [0, 0.05) is 0 Å². The maximum atomic E-state index is 10.7. The van der Waals surface area contributed by atoms with Crippen LogP contribution < -0.4 is 0 Å². The summed E-state index contributed by atoms with van der Waals surface area (Å²) in [5, 5.41) is 0. The van der Waals surface area contributed by atoms with Gasteiger partial charge in [-0.1, -0.05) is 49.8 Å². The van der Waals surface area contributed by atoms with Gasteiger partial charge in [0.25, 0.3) is 0 Å². The molecular weight excluding hydrogens is 320 g/mol. The lowest BCUT2D eigenvalue weighted by atomic mass is 10.0. The van der Waals surface area contributed by atoms with E-state index in [0.29, 0.717) is 0 Å². The number of unbranched alkanes of at least 4 members (excludes halogenated alkanes) is 1. The Labute approximate surface area is 137 Å². The van der Waals surface area contributed by atoms with Crippen molar-refractivity contribution < 1.29 is 26.6 Å². The van der Waals surface area contributed by atoms with Crippen molar-refractivity contribution in [2.75, 3.05) is 13.2 Å². The lowest BCUT2D eigenvalue weighted by Gasteiger charge is -2.30. The minimum atomic E-state index is -4.50. The van der Waals surface area contributed by atoms with E-state index >= 15 is 0 Å². The molecule has 1 N–H and O–H groups in total. The SMILES string of the molecule is CCCC/C(=C/c1ccccc1)C1OCC(OS(=O)(=O)O)CO1. The molecule has 23 heavy (non-hydrogen) atoms. The molecule has 1 aliphatic heterocycles. The molecule has 1 saturated heterocycles. The molecule has 1 aromatic carbocycles. The highest BCUT2D eigenvalue weighted by molar-refractivity contribution is 7.80. The molecule has 0 amide bonds. The average Bonchev–Trinajstić information content (AvgIpc) is 2.52. The van der Waals surface area contributed by atoms with E-state index in [1.807, 2.05) is 36.4 Å². The molecule has 0 aromatic heterocycles. The first-order valence-corrected chi connectivity index (χ1v) is 8.99. The third-order valence-corrected chi connectivity index (χ3v) is 3.91. The highest BCUT2D eigenvalue weighted by Crippen LogP contribution is 2.23. The lowest BCUT2D eigenvalue weighted by Crippen LogP contribution is -2.39. The molecule has 1 heterocycles. The van der Waals surface area contributed by atoms with Gasteiger partial charge < -0.3 is 9.47 Å². The van der Waals surface area contributed by atoms with E-state index in [2.05, 4.69) is 11.1 Å². The third-order valence-electron chi connectivity index (χ3n) is 3.40. The van der Waals surface area contributed by atoms with Gasteiger partial charge in [0.15, 0.2) is 6.29 Å². The fraction of sp³-hybridized carbons (Fsp3) is 0.500. The molecule has 0 spiro atoms. The predicted octanol–water partition coefficient (Wildman–Crippen LogP) is 2.82. The summed E-state index contributed by atoms with van der Waals surface area (Å²) in [6, 6.07) is 9.87. The van der Waals surface area contributed by atoms with Crippen molar-refractivity contribution in [3.8, 4) is 0 Å². The molecule has 1 aromatic rings. The Kier molecular flexibility index (Phi) is 6.73. The van der Waals surface area contributed by atoms with Gasteiger partial charge in [0.2, 0.25) is 0 Å². The summed E-state index contributed by atoms with van der Waals surface area (Å²) in [4.78, 5) is 0. The first-order chi connectivity index (χ1) is 11.0. The summed E-state index contributed by atoms with van der Waals surface area (Å²) in [7, 11) is -4.50. The van der Waals surface area contributed by atoms with E-state index in [0.717, 1.165) is 30.4 Å². The van der Waals surface area contributed by atoms with Crippen molar-refractivity contribution in [3.05, 3.63) is 41.5 Å². The highest BCUT2D eigenvalue weighted by Gasteiger charge is 2.28. The minimum absolute atomic E-state index is 0.0444. The van der Waals surface area contributed by atoms with Crippen LogP contribution in [0.15, 0.2) is 35.9 Å². The normalized spacial score (nSPS) is 23.0. The molecule has 0 bridgehead atoms. The van der Waals surface area contributed by atoms with E-state index in [1.54, 1.807) is 0 Å². The topological polar surface area (TPSA) is 82.1 Å². The van der Waals surface area contributed by atoms with Crippen LogP contribution in [0.3, 0.4) is 0 Å². The number of hydrogen-bond donors (Lipinski definition) is 1. The van der Waals surface area contributed by atoms with Crippen LogP contribution in [-0.4, -0.2) is 38.6 Å². The largest absolute Gasteiger partial charge is 0.397 e. The van der Waals surface area contributed by atoms with Crippen LogP contribution in [-0.2, 0) is 24.1 Å². The molecule has 128 valence electrons. The summed E-state index contributed by atoms with van der Waals surface area (Å²) >= 11 is 0. The van der Waals surface area contributed by atoms with E-state index in [-0.39, 0.29) is 13.2 Å². The van der Waals surface area contributed by atoms with Gasteiger partial charge >= 0.3 is 10.4 Å². The molecule has 7 heteroatoms. The van der Waals surface area contributed by atoms with Crippen LogP contribution in [0.2, 0.25) is 0 Å². The van der Waals surface area contributed by atoms with Crippen molar-refractivity contribution in [1.82, 2.24) is 0 Å². The molecule has 1 fully saturated rings. The van der Waals surface area contributed by atoms with E-state index < -0.39 is 22.8 Å². The monoisotopic (exact) mass is 342 g/mol. The molecular formula is C16H22O6S. The predicted molar refractivity (Wildman–Crippen MR) is 86.1 cm³/mol. The molecule has 0 aliphatic carbocycles. The maximum absolute atomic E-state index is 10.7. The van der Waals surface area contributed by atoms with E-state index in [1.165, 1.54) is 0 Å². The van der Waals surface area contributed by atoms with Gasteiger partial charge in [0.1, 0.15) is 6.10 Å². The van der Waals surface area contributed by atoms with Crippen LogP contribution in [0.25, 0.3) is 6.08 Å². The fourth-order valence-corrected chi connectivity index (χ4v) is 2.78. The Morgan fingerprint density at radius 2 is 1.96 bits per heavy atom. The summed E-state index contributed by atoms with van der Waals surface area (Å²) in [5.41, 5.74) is 2.06. The first kappa shape index (κ1) is 18.1. The standard InChI is InChI=1S/C16H22O6S/c1-2-3-9-14(10-13-7-5-4-6-8-13)16-20-11-15(12-21-16)22-23(17,18)19/h4-8,10,15-16H,2-3,9,11-12H2,1H3,(H,17,18,19)/b14-10-. The van der Waals surface area contributed by atoms with Crippen molar-refractivity contribution in [1.29, 1.82) is 0 Å². The second kappa shape index (κ2) is 8.56. The Balaban J connectivity index is 2.02. The summed E-state index contributed by atoms with van der Waals surface area (Å²) in [5.74, 6) is 0. The second-order valence-electron chi connectivity index (χ2n) is 5.38. The quantitative estimate of drug-likeness (QED) is 0.767. The number of ether oxygens (including phenoxy) is 2. The molecule has 0 radical (unpaired) electrons. The van der Waals surface area contributed by atoms with Crippen LogP contribution in [0.1, 0.15) is 31.7 Å². The first-order valence-electron chi connectivity index (χ1n) is 7.62. The molecule has 0 unspecified atom stereocenters. The molecule has 2 rings (SSSR count). The molecule has 6 nitrogen and oxygen atoms in total. The van der Waals surface area contributed by atoms with Gasteiger partial charge in [-0.3, -0.25) is 4.55 Å². The van der Waals surface area contributed by atoms with Gasteiger partial charge in [0.05, 0.1) is 13.2 Å². The number of hydrogen-bond acceptors (Lipinski definition) is 5. The average molecular weight is 342 g/mol. The molecule has 0 atom stereocenters. The Morgan fingerprint density at radius 1 is 1.30 bits per heavy atom. The van der Waals surface area contributed by atoms with Crippen molar-refractivity contribution in [3.63, 3.8) is 0 Å². The van der Waals surface area contributed by atoms with Gasteiger partial charge in [-0.2, -0.15) is 8.42 Å². The zero-order valence-electron chi connectivity index (χ0n) is 13.1. The van der Waals surface area contributed by atoms with Crippen molar-refractivity contribution in [2.45, 2.75) is 38.6 Å². The number of rotatable bonds is 7. The highest BCUT2D eigenvalue weighted by atomic mass is 32.3. The lowest BCUT2D eigenvalue weighted by molar-refractivity contribution is -0.193. The zero-order chi connectivity index (χ0) is 16.7. The number of benzene rings is 1. The minimum Gasteiger partial charge on any atom is -0.346 e. The van der Waals surface area contributed by atoms with Crippen LogP contribution in [0, 0.1) is 0 Å². The smallest absolute Gasteiger partial charge is 0.346 e.